The van der Waals surface area contributed by atoms with Gasteiger partial charge in [-0.15, -0.1) is 0 Å². The van der Waals surface area contributed by atoms with Crippen molar-refractivity contribution in [1.29, 1.82) is 0 Å². The van der Waals surface area contributed by atoms with Crippen molar-refractivity contribution in [2.24, 2.45) is 5.41 Å². The third-order valence-corrected chi connectivity index (χ3v) is 6.80. The molecule has 0 unspecified atom stereocenters. The molecule has 2 aromatic rings. The van der Waals surface area contributed by atoms with E-state index in [0.29, 0.717) is 12.1 Å². The molecule has 3 aliphatic heterocycles. The quantitative estimate of drug-likeness (QED) is 0.739. The highest BCUT2D eigenvalue weighted by atomic mass is 16.2. The van der Waals surface area contributed by atoms with Crippen molar-refractivity contribution in [3.63, 3.8) is 0 Å². The second kappa shape index (κ2) is 6.97. The summed E-state index contributed by atoms with van der Waals surface area (Å²) >= 11 is 0. The second-order valence-corrected chi connectivity index (χ2v) is 8.57. The standard InChI is InChI=1S/C24H25N3O3/c1-16-10-12-18(13-11-16)27-22(29)24(21(28)25-23(27)30)15-17-7-4-5-8-19(17)26-14-6-2-3-9-20(24)26/h4-5,7-8,10-13,20H,2-3,6,9,14-15H2,1H3,(H,25,28,30)/t20-,24-/m1/s1. The predicted molar refractivity (Wildman–Crippen MR) is 114 cm³/mol. The van der Waals surface area contributed by atoms with Crippen LogP contribution in [0.4, 0.5) is 16.2 Å². The van der Waals surface area contributed by atoms with Crippen LogP contribution in [0.2, 0.25) is 0 Å². The molecule has 2 fully saturated rings. The van der Waals surface area contributed by atoms with E-state index in [0.717, 1.165) is 53.9 Å². The van der Waals surface area contributed by atoms with Crippen LogP contribution in [0, 0.1) is 12.3 Å². The van der Waals surface area contributed by atoms with Gasteiger partial charge in [-0.05, 0) is 49.9 Å². The van der Waals surface area contributed by atoms with E-state index < -0.39 is 23.3 Å². The van der Waals surface area contributed by atoms with E-state index in [1.54, 1.807) is 12.1 Å². The molecular formula is C24H25N3O3. The van der Waals surface area contributed by atoms with Crippen LogP contribution in [0.5, 0.6) is 0 Å². The lowest BCUT2D eigenvalue weighted by atomic mass is 9.67. The van der Waals surface area contributed by atoms with Gasteiger partial charge in [-0.25, -0.2) is 9.69 Å². The van der Waals surface area contributed by atoms with E-state index in [9.17, 15) is 14.4 Å². The molecule has 0 aromatic heterocycles. The van der Waals surface area contributed by atoms with Crippen LogP contribution in [0.3, 0.4) is 0 Å². The number of anilines is 2. The molecule has 1 N–H and O–H groups in total. The lowest BCUT2D eigenvalue weighted by Crippen LogP contribution is -2.72. The summed E-state index contributed by atoms with van der Waals surface area (Å²) in [6, 6.07) is 14.3. The van der Waals surface area contributed by atoms with E-state index >= 15 is 0 Å². The van der Waals surface area contributed by atoms with Crippen molar-refractivity contribution >= 4 is 29.2 Å². The maximum absolute atomic E-state index is 14.0. The zero-order valence-corrected chi connectivity index (χ0v) is 17.1. The Morgan fingerprint density at radius 3 is 2.53 bits per heavy atom. The van der Waals surface area contributed by atoms with Gasteiger partial charge in [-0.3, -0.25) is 14.9 Å². The molecule has 5 rings (SSSR count). The topological polar surface area (TPSA) is 69.7 Å². The first-order chi connectivity index (χ1) is 14.5. The fraction of sp³-hybridized carbons (Fsp3) is 0.375. The Labute approximate surface area is 175 Å². The summed E-state index contributed by atoms with van der Waals surface area (Å²) in [4.78, 5) is 43.6. The van der Waals surface area contributed by atoms with Crippen LogP contribution in [0.1, 0.15) is 36.8 Å². The number of imide groups is 2. The molecule has 2 atom stereocenters. The van der Waals surface area contributed by atoms with Gasteiger partial charge >= 0.3 is 6.03 Å². The smallest absolute Gasteiger partial charge is 0.335 e. The maximum atomic E-state index is 14.0. The number of fused-ring (bicyclic) bond motifs is 4. The minimum Gasteiger partial charge on any atom is -0.367 e. The Kier molecular flexibility index (Phi) is 4.38. The Morgan fingerprint density at radius 1 is 0.967 bits per heavy atom. The average Bonchev–Trinajstić information content (AvgIpc) is 3.00. The van der Waals surface area contributed by atoms with E-state index in [2.05, 4.69) is 16.3 Å². The molecule has 1 spiro atoms. The number of rotatable bonds is 1. The molecule has 0 bridgehead atoms. The zero-order chi connectivity index (χ0) is 20.9. The lowest BCUT2D eigenvalue weighted by molar-refractivity contribution is -0.144. The average molecular weight is 403 g/mol. The van der Waals surface area contributed by atoms with Gasteiger partial charge in [0.1, 0.15) is 0 Å². The molecule has 6 nitrogen and oxygen atoms in total. The molecule has 6 heteroatoms. The third-order valence-electron chi connectivity index (χ3n) is 6.80. The Hall–Kier alpha value is -3.15. The lowest BCUT2D eigenvalue weighted by Gasteiger charge is -2.51. The number of aryl methyl sites for hydroxylation is 1. The fourth-order valence-corrected chi connectivity index (χ4v) is 5.30. The molecule has 2 aromatic carbocycles. The number of amides is 4. The highest BCUT2D eigenvalue weighted by Crippen LogP contribution is 2.47. The SMILES string of the molecule is Cc1ccc(N2C(=O)NC(=O)[C@]3(Cc4ccccc4N4CCCCC[C@@H]43)C2=O)cc1. The largest absolute Gasteiger partial charge is 0.367 e. The molecule has 2 saturated heterocycles. The summed E-state index contributed by atoms with van der Waals surface area (Å²) in [6.45, 7) is 2.76. The molecule has 3 heterocycles. The number of nitrogens with zero attached hydrogens (tertiary/aromatic N) is 2. The number of hydrogen-bond donors (Lipinski definition) is 1. The van der Waals surface area contributed by atoms with Gasteiger partial charge in [0.25, 0.3) is 5.91 Å². The van der Waals surface area contributed by atoms with E-state index in [4.69, 9.17) is 0 Å². The van der Waals surface area contributed by atoms with Gasteiger partial charge < -0.3 is 4.90 Å². The van der Waals surface area contributed by atoms with E-state index in [-0.39, 0.29) is 6.04 Å². The summed E-state index contributed by atoms with van der Waals surface area (Å²) in [5, 5.41) is 2.52. The monoisotopic (exact) mass is 403 g/mol. The molecule has 154 valence electrons. The van der Waals surface area contributed by atoms with Crippen molar-refractivity contribution in [1.82, 2.24) is 5.32 Å². The van der Waals surface area contributed by atoms with E-state index in [1.165, 1.54) is 0 Å². The first-order valence-electron chi connectivity index (χ1n) is 10.6. The van der Waals surface area contributed by atoms with Gasteiger partial charge in [-0.2, -0.15) is 0 Å². The first-order valence-corrected chi connectivity index (χ1v) is 10.6. The van der Waals surface area contributed by atoms with Gasteiger partial charge in [-0.1, -0.05) is 48.7 Å². The Morgan fingerprint density at radius 2 is 1.73 bits per heavy atom. The third kappa shape index (κ3) is 2.66. The fourth-order valence-electron chi connectivity index (χ4n) is 5.30. The molecule has 0 radical (unpaired) electrons. The number of benzene rings is 2. The van der Waals surface area contributed by atoms with Crippen LogP contribution < -0.4 is 15.1 Å². The number of nitrogens with one attached hydrogen (secondary N) is 1. The van der Waals surface area contributed by atoms with Crippen LogP contribution >= 0.6 is 0 Å². The first kappa shape index (κ1) is 18.9. The minimum absolute atomic E-state index is 0.261. The molecule has 3 aliphatic rings. The summed E-state index contributed by atoms with van der Waals surface area (Å²) in [6.07, 6.45) is 4.12. The molecular weight excluding hydrogens is 378 g/mol. The number of carbonyl (C=O) groups excluding carboxylic acids is 3. The highest BCUT2D eigenvalue weighted by molar-refractivity contribution is 6.30. The van der Waals surface area contributed by atoms with Gasteiger partial charge in [0.2, 0.25) is 5.91 Å². The van der Waals surface area contributed by atoms with Gasteiger partial charge in [0.05, 0.1) is 11.7 Å². The van der Waals surface area contributed by atoms with Gasteiger partial charge in [0.15, 0.2) is 5.41 Å². The number of carbonyl (C=O) groups is 3. The molecule has 30 heavy (non-hydrogen) atoms. The number of barbiturate groups is 1. The summed E-state index contributed by atoms with van der Waals surface area (Å²) in [5.74, 6) is -0.876. The summed E-state index contributed by atoms with van der Waals surface area (Å²) in [7, 11) is 0. The summed E-state index contributed by atoms with van der Waals surface area (Å²) < 4.78 is 0. The molecule has 0 saturated carbocycles. The van der Waals surface area contributed by atoms with Crippen LogP contribution in [0.15, 0.2) is 48.5 Å². The van der Waals surface area contributed by atoms with Crippen molar-refractivity contribution in [3.8, 4) is 0 Å². The number of urea groups is 1. The van der Waals surface area contributed by atoms with Crippen molar-refractivity contribution in [2.75, 3.05) is 16.3 Å². The number of para-hydroxylation sites is 1. The Bertz CT molecular complexity index is 1030. The van der Waals surface area contributed by atoms with Gasteiger partial charge in [0, 0.05) is 12.2 Å². The Balaban J connectivity index is 1.66. The van der Waals surface area contributed by atoms with Crippen LogP contribution in [-0.2, 0) is 16.0 Å². The zero-order valence-electron chi connectivity index (χ0n) is 17.1. The van der Waals surface area contributed by atoms with Crippen molar-refractivity contribution in [2.45, 2.75) is 45.1 Å². The van der Waals surface area contributed by atoms with Crippen molar-refractivity contribution < 1.29 is 14.4 Å². The van der Waals surface area contributed by atoms with Crippen molar-refractivity contribution in [3.05, 3.63) is 59.7 Å². The molecule has 0 aliphatic carbocycles. The van der Waals surface area contributed by atoms with Crippen LogP contribution in [0.25, 0.3) is 0 Å². The normalized spacial score (nSPS) is 26.2. The van der Waals surface area contributed by atoms with E-state index in [1.807, 2.05) is 37.3 Å². The minimum atomic E-state index is -1.31. The highest BCUT2D eigenvalue weighted by Gasteiger charge is 2.62. The summed E-state index contributed by atoms with van der Waals surface area (Å²) in [5.41, 5.74) is 2.31. The van der Waals surface area contributed by atoms with Crippen LogP contribution in [-0.4, -0.2) is 30.4 Å². The molecule has 4 amide bonds. The predicted octanol–water partition coefficient (Wildman–Crippen LogP) is 3.57. The maximum Gasteiger partial charge on any atom is 0.335 e. The second-order valence-electron chi connectivity index (χ2n) is 8.57. The number of hydrogen-bond acceptors (Lipinski definition) is 4.